The number of benzene rings is 1. The summed E-state index contributed by atoms with van der Waals surface area (Å²) < 4.78 is 12.3. The number of halogens is 1. The normalized spacial score (nSPS) is 9.08. The molecule has 0 amide bonds. The lowest BCUT2D eigenvalue weighted by molar-refractivity contribution is 0.0508. The molecular formula is C7H4FNO3. The minimum atomic E-state index is -0.898. The van der Waals surface area contributed by atoms with E-state index in [9.17, 15) is 14.1 Å². The van der Waals surface area contributed by atoms with Crippen molar-refractivity contribution < 1.29 is 14.0 Å². The average molecular weight is 169 g/mol. The highest BCUT2D eigenvalue weighted by atomic mass is 19.1. The van der Waals surface area contributed by atoms with Crippen molar-refractivity contribution in [3.05, 3.63) is 40.6 Å². The van der Waals surface area contributed by atoms with Crippen molar-refractivity contribution in [1.29, 1.82) is 0 Å². The lowest BCUT2D eigenvalue weighted by atomic mass is 10.2. The molecule has 0 atom stereocenters. The highest BCUT2D eigenvalue weighted by Gasteiger charge is 2.06. The van der Waals surface area contributed by atoms with Crippen molar-refractivity contribution in [1.82, 2.24) is 0 Å². The first-order valence-electron chi connectivity index (χ1n) is 3.03. The molecule has 12 heavy (non-hydrogen) atoms. The Morgan fingerprint density at radius 3 is 2.42 bits per heavy atom. The largest absolute Gasteiger partial charge is 0.369 e. The van der Waals surface area contributed by atoms with Gasteiger partial charge in [0, 0.05) is 0 Å². The summed E-state index contributed by atoms with van der Waals surface area (Å²) in [6.07, 6.45) is 0. The molecule has 0 heterocycles. The fourth-order valence-electron chi connectivity index (χ4n) is 0.673. The van der Waals surface area contributed by atoms with E-state index in [2.05, 4.69) is 4.84 Å². The van der Waals surface area contributed by atoms with Crippen LogP contribution in [0.4, 0.5) is 4.39 Å². The van der Waals surface area contributed by atoms with Crippen LogP contribution in [-0.2, 0) is 4.84 Å². The summed E-state index contributed by atoms with van der Waals surface area (Å²) in [5.41, 5.74) is 0.0796. The third-order valence-electron chi connectivity index (χ3n) is 1.20. The van der Waals surface area contributed by atoms with Gasteiger partial charge in [0.25, 0.3) is 0 Å². The smallest absolute Gasteiger partial charge is 0.279 e. The van der Waals surface area contributed by atoms with Crippen LogP contribution < -0.4 is 0 Å². The molecule has 0 aliphatic heterocycles. The average Bonchev–Trinajstić information content (AvgIpc) is 2.06. The Balaban J connectivity index is 2.82. The zero-order valence-corrected chi connectivity index (χ0v) is 5.86. The second-order valence-electron chi connectivity index (χ2n) is 1.96. The summed E-state index contributed by atoms with van der Waals surface area (Å²) >= 11 is 0. The van der Waals surface area contributed by atoms with Gasteiger partial charge in [-0.25, -0.2) is 9.18 Å². The quantitative estimate of drug-likeness (QED) is 0.499. The molecule has 62 valence electrons. The molecule has 0 saturated carbocycles. The number of carbonyl (C=O) groups excluding carboxylic acids is 1. The van der Waals surface area contributed by atoms with Crippen LogP contribution in [0, 0.1) is 10.7 Å². The van der Waals surface area contributed by atoms with Crippen LogP contribution in [0.25, 0.3) is 0 Å². The molecule has 5 heteroatoms. The van der Waals surface area contributed by atoms with Crippen LogP contribution in [0.3, 0.4) is 0 Å². The van der Waals surface area contributed by atoms with E-state index in [1.165, 1.54) is 12.1 Å². The maximum absolute atomic E-state index is 12.3. The molecule has 0 aliphatic rings. The number of hydrogen-bond donors (Lipinski definition) is 0. The highest BCUT2D eigenvalue weighted by Crippen LogP contribution is 2.04. The molecule has 0 spiro atoms. The van der Waals surface area contributed by atoms with Gasteiger partial charge in [0.05, 0.1) is 5.56 Å². The predicted octanol–water partition coefficient (Wildman–Crippen LogP) is 1.66. The number of carbonyl (C=O) groups is 1. The lowest BCUT2D eigenvalue weighted by Gasteiger charge is -1.93. The first kappa shape index (κ1) is 8.32. The monoisotopic (exact) mass is 169 g/mol. The molecule has 4 nitrogen and oxygen atoms in total. The Kier molecular flexibility index (Phi) is 2.47. The van der Waals surface area contributed by atoms with Gasteiger partial charge >= 0.3 is 5.97 Å². The number of hydrogen-bond acceptors (Lipinski definition) is 4. The topological polar surface area (TPSA) is 55.7 Å². The van der Waals surface area contributed by atoms with Crippen LogP contribution in [0.2, 0.25) is 0 Å². The number of nitrogens with zero attached hydrogens (tertiary/aromatic N) is 1. The molecule has 0 N–H and O–H groups in total. The minimum Gasteiger partial charge on any atom is -0.279 e. The Labute approximate surface area is 66.9 Å². The van der Waals surface area contributed by atoms with Crippen LogP contribution >= 0.6 is 0 Å². The zero-order chi connectivity index (χ0) is 8.97. The maximum Gasteiger partial charge on any atom is 0.369 e. The van der Waals surface area contributed by atoms with E-state index < -0.39 is 11.8 Å². The first-order chi connectivity index (χ1) is 5.74. The van der Waals surface area contributed by atoms with Gasteiger partial charge in [-0.05, 0) is 24.3 Å². The molecule has 0 radical (unpaired) electrons. The second kappa shape index (κ2) is 3.56. The van der Waals surface area contributed by atoms with Gasteiger partial charge in [-0.3, -0.25) is 4.84 Å². The van der Waals surface area contributed by atoms with Gasteiger partial charge in [0.15, 0.2) is 5.34 Å². The summed E-state index contributed by atoms with van der Waals surface area (Å²) in [5.74, 6) is -1.37. The van der Waals surface area contributed by atoms with Crippen molar-refractivity contribution in [2.45, 2.75) is 0 Å². The molecule has 0 saturated heterocycles. The van der Waals surface area contributed by atoms with E-state index in [1.807, 2.05) is 5.34 Å². The zero-order valence-electron chi connectivity index (χ0n) is 5.86. The first-order valence-corrected chi connectivity index (χ1v) is 3.03. The molecule has 0 unspecified atom stereocenters. The predicted molar refractivity (Wildman–Crippen MR) is 37.6 cm³/mol. The van der Waals surface area contributed by atoms with Crippen LogP contribution in [-0.4, -0.2) is 5.97 Å². The van der Waals surface area contributed by atoms with E-state index in [0.29, 0.717) is 0 Å². The van der Waals surface area contributed by atoms with Gasteiger partial charge in [0.1, 0.15) is 5.82 Å². The maximum atomic E-state index is 12.3. The molecule has 1 aromatic rings. The Bertz CT molecular complexity index is 296. The summed E-state index contributed by atoms with van der Waals surface area (Å²) in [5, 5.41) is 1.94. The van der Waals surface area contributed by atoms with Crippen molar-refractivity contribution in [2.24, 2.45) is 5.34 Å². The Hall–Kier alpha value is -1.78. The van der Waals surface area contributed by atoms with Crippen molar-refractivity contribution in [2.75, 3.05) is 0 Å². The molecule has 0 fully saturated rings. The Morgan fingerprint density at radius 2 is 1.92 bits per heavy atom. The second-order valence-corrected chi connectivity index (χ2v) is 1.96. The molecular weight excluding hydrogens is 165 g/mol. The van der Waals surface area contributed by atoms with Crippen molar-refractivity contribution >= 4 is 5.97 Å². The van der Waals surface area contributed by atoms with E-state index in [0.717, 1.165) is 12.1 Å². The summed E-state index contributed by atoms with van der Waals surface area (Å²) in [6, 6.07) is 4.56. The molecule has 0 aliphatic carbocycles. The van der Waals surface area contributed by atoms with Gasteiger partial charge < -0.3 is 0 Å². The van der Waals surface area contributed by atoms with E-state index in [4.69, 9.17) is 0 Å². The number of rotatable bonds is 2. The van der Waals surface area contributed by atoms with Crippen molar-refractivity contribution in [3.8, 4) is 0 Å². The van der Waals surface area contributed by atoms with E-state index in [1.54, 1.807) is 0 Å². The van der Waals surface area contributed by atoms with Crippen LogP contribution in [0.15, 0.2) is 29.6 Å². The van der Waals surface area contributed by atoms with Gasteiger partial charge in [-0.2, -0.15) is 0 Å². The highest BCUT2D eigenvalue weighted by molar-refractivity contribution is 5.89. The summed E-state index contributed by atoms with van der Waals surface area (Å²) in [7, 11) is 0. The standard InChI is InChI=1S/C7H4FNO3/c8-6-3-1-5(2-4-6)7(10)12-9-11/h1-4H. The lowest BCUT2D eigenvalue weighted by Crippen LogP contribution is -1.99. The molecule has 0 aromatic heterocycles. The Morgan fingerprint density at radius 1 is 1.33 bits per heavy atom. The fourth-order valence-corrected chi connectivity index (χ4v) is 0.673. The van der Waals surface area contributed by atoms with Crippen LogP contribution in [0.1, 0.15) is 10.4 Å². The van der Waals surface area contributed by atoms with Gasteiger partial charge in [0.2, 0.25) is 0 Å². The fraction of sp³-hybridized carbons (Fsp3) is 0. The summed E-state index contributed by atoms with van der Waals surface area (Å²) in [4.78, 5) is 24.0. The van der Waals surface area contributed by atoms with Crippen LogP contribution in [0.5, 0.6) is 0 Å². The molecule has 0 bridgehead atoms. The van der Waals surface area contributed by atoms with Crippen molar-refractivity contribution in [3.63, 3.8) is 0 Å². The van der Waals surface area contributed by atoms with E-state index >= 15 is 0 Å². The third kappa shape index (κ3) is 1.85. The van der Waals surface area contributed by atoms with E-state index in [-0.39, 0.29) is 5.56 Å². The molecule has 1 aromatic carbocycles. The van der Waals surface area contributed by atoms with Gasteiger partial charge in [-0.15, -0.1) is 4.91 Å². The minimum absolute atomic E-state index is 0.0796. The summed E-state index contributed by atoms with van der Waals surface area (Å²) in [6.45, 7) is 0. The third-order valence-corrected chi connectivity index (χ3v) is 1.20. The molecule has 1 rings (SSSR count). The SMILES string of the molecule is O=NOC(=O)c1ccc(F)cc1. The van der Waals surface area contributed by atoms with Gasteiger partial charge in [-0.1, -0.05) is 0 Å².